The molecule has 35 heavy (non-hydrogen) atoms. The molecule has 0 unspecified atom stereocenters. The molecular formula is C25H27F2N5O3. The molecule has 8 nitrogen and oxygen atoms in total. The second-order valence-electron chi connectivity index (χ2n) is 9.43. The van der Waals surface area contributed by atoms with Crippen LogP contribution in [0.25, 0.3) is 11.0 Å². The fourth-order valence-electron chi connectivity index (χ4n) is 4.92. The fraction of sp³-hybridized carbons (Fsp3) is 0.440. The lowest BCUT2D eigenvalue weighted by molar-refractivity contribution is -0.145. The van der Waals surface area contributed by atoms with E-state index in [9.17, 15) is 13.6 Å². The summed E-state index contributed by atoms with van der Waals surface area (Å²) in [5.41, 5.74) is 0.648. The summed E-state index contributed by atoms with van der Waals surface area (Å²) in [7, 11) is 0. The van der Waals surface area contributed by atoms with E-state index in [1.54, 1.807) is 37.9 Å². The van der Waals surface area contributed by atoms with Gasteiger partial charge in [-0.15, -0.1) is 0 Å². The lowest BCUT2D eigenvalue weighted by Crippen LogP contribution is -2.54. The summed E-state index contributed by atoms with van der Waals surface area (Å²) in [5.74, 6) is 0.520. The zero-order valence-electron chi connectivity index (χ0n) is 19.9. The van der Waals surface area contributed by atoms with Gasteiger partial charge >= 0.3 is 6.61 Å². The highest BCUT2D eigenvalue weighted by Crippen LogP contribution is 2.44. The Morgan fingerprint density at radius 2 is 1.80 bits per heavy atom. The molecule has 0 atom stereocenters. The van der Waals surface area contributed by atoms with E-state index in [4.69, 9.17) is 9.72 Å². The second kappa shape index (κ2) is 8.67. The molecule has 2 aliphatic heterocycles. The summed E-state index contributed by atoms with van der Waals surface area (Å²) in [6, 6.07) is 10.8. The molecule has 4 heterocycles. The van der Waals surface area contributed by atoms with Gasteiger partial charge in [0.05, 0.1) is 23.8 Å². The van der Waals surface area contributed by atoms with Crippen molar-refractivity contribution in [1.29, 1.82) is 0 Å². The van der Waals surface area contributed by atoms with Gasteiger partial charge < -0.3 is 19.3 Å². The van der Waals surface area contributed by atoms with Crippen molar-refractivity contribution in [2.24, 2.45) is 0 Å². The van der Waals surface area contributed by atoms with Crippen molar-refractivity contribution in [2.45, 2.75) is 58.1 Å². The number of rotatable bonds is 5. The Morgan fingerprint density at radius 3 is 2.51 bits per heavy atom. The van der Waals surface area contributed by atoms with E-state index < -0.39 is 17.9 Å². The Hall–Kier alpha value is -3.40. The number of alkyl halides is 2. The van der Waals surface area contributed by atoms with Gasteiger partial charge in [-0.25, -0.2) is 4.98 Å². The molecule has 1 spiro atoms. The van der Waals surface area contributed by atoms with Crippen molar-refractivity contribution in [3.05, 3.63) is 54.0 Å². The molecule has 2 aliphatic rings. The van der Waals surface area contributed by atoms with Crippen molar-refractivity contribution in [2.75, 3.05) is 18.0 Å². The first-order chi connectivity index (χ1) is 16.7. The van der Waals surface area contributed by atoms with Crippen LogP contribution in [-0.2, 0) is 16.1 Å². The number of aromatic nitrogens is 3. The summed E-state index contributed by atoms with van der Waals surface area (Å²) in [4.78, 5) is 30.8. The molecule has 0 saturated carbocycles. The zero-order chi connectivity index (χ0) is 24.8. The van der Waals surface area contributed by atoms with E-state index in [1.165, 1.54) is 6.07 Å². The number of pyridine rings is 1. The van der Waals surface area contributed by atoms with Gasteiger partial charge in [0, 0.05) is 31.6 Å². The number of ether oxygens (including phenoxy) is 2. The van der Waals surface area contributed by atoms with Crippen LogP contribution in [0.15, 0.2) is 42.6 Å². The third-order valence-electron chi connectivity index (χ3n) is 6.60. The van der Waals surface area contributed by atoms with E-state index in [-0.39, 0.29) is 23.9 Å². The number of amides is 1. The monoisotopic (exact) mass is 483 g/mol. The molecule has 2 saturated heterocycles. The second-order valence-corrected chi connectivity index (χ2v) is 9.43. The molecule has 1 aromatic carbocycles. The van der Waals surface area contributed by atoms with Crippen LogP contribution in [0.1, 0.15) is 38.1 Å². The largest absolute Gasteiger partial charge is 0.433 e. The molecule has 3 aromatic rings. The average molecular weight is 484 g/mol. The summed E-state index contributed by atoms with van der Waals surface area (Å²) < 4.78 is 37.0. The molecule has 1 amide bonds. The van der Waals surface area contributed by atoms with Crippen LogP contribution in [0.2, 0.25) is 0 Å². The predicted octanol–water partition coefficient (Wildman–Crippen LogP) is 4.07. The van der Waals surface area contributed by atoms with Gasteiger partial charge in [0.2, 0.25) is 0 Å². The van der Waals surface area contributed by atoms with Gasteiger partial charge in [-0.1, -0.05) is 12.1 Å². The molecule has 0 bridgehead atoms. The highest BCUT2D eigenvalue weighted by molar-refractivity contribution is 5.87. The van der Waals surface area contributed by atoms with Crippen LogP contribution in [-0.4, -0.2) is 56.8 Å². The number of carbonyl (C=O) groups is 1. The lowest BCUT2D eigenvalue weighted by atomic mass is 9.98. The summed E-state index contributed by atoms with van der Waals surface area (Å²) in [6.07, 6.45) is 2.80. The van der Waals surface area contributed by atoms with E-state index in [2.05, 4.69) is 19.6 Å². The first kappa shape index (κ1) is 23.3. The molecule has 10 heteroatoms. The SMILES string of the molecule is Cc1ccc(OC(F)F)c(CN2C(=O)C(C)(C)OC23CCN(c2cnc4ccccc4n2)CC3)n1. The van der Waals surface area contributed by atoms with Gasteiger partial charge in [0.1, 0.15) is 28.6 Å². The number of anilines is 1. The molecule has 2 aromatic heterocycles. The Bertz CT molecular complexity index is 1260. The smallest absolute Gasteiger partial charge is 0.387 e. The Kier molecular flexibility index (Phi) is 5.79. The summed E-state index contributed by atoms with van der Waals surface area (Å²) in [5, 5.41) is 0. The summed E-state index contributed by atoms with van der Waals surface area (Å²) in [6.45, 7) is 3.45. The van der Waals surface area contributed by atoms with Crippen molar-refractivity contribution < 1.29 is 23.0 Å². The molecule has 0 radical (unpaired) electrons. The number of nitrogens with zero attached hydrogens (tertiary/aromatic N) is 5. The third-order valence-corrected chi connectivity index (χ3v) is 6.60. The topological polar surface area (TPSA) is 80.7 Å². The van der Waals surface area contributed by atoms with E-state index >= 15 is 0 Å². The predicted molar refractivity (Wildman–Crippen MR) is 125 cm³/mol. The fourth-order valence-corrected chi connectivity index (χ4v) is 4.92. The number of aryl methyl sites for hydroxylation is 1. The number of halogens is 2. The Morgan fingerprint density at radius 1 is 1.09 bits per heavy atom. The Labute approximate surface area is 201 Å². The van der Waals surface area contributed by atoms with Crippen LogP contribution in [0, 0.1) is 6.92 Å². The normalized spacial score (nSPS) is 19.2. The number of benzene rings is 1. The molecule has 0 aliphatic carbocycles. The quantitative estimate of drug-likeness (QED) is 0.541. The highest BCUT2D eigenvalue weighted by Gasteiger charge is 2.57. The van der Waals surface area contributed by atoms with Crippen LogP contribution >= 0.6 is 0 Å². The minimum atomic E-state index is -2.99. The van der Waals surface area contributed by atoms with Crippen LogP contribution in [0.5, 0.6) is 5.75 Å². The maximum atomic E-state index is 13.4. The minimum absolute atomic E-state index is 0.0157. The molecule has 5 rings (SSSR count). The van der Waals surface area contributed by atoms with Gasteiger partial charge in [-0.2, -0.15) is 8.78 Å². The molecular weight excluding hydrogens is 456 g/mol. The van der Waals surface area contributed by atoms with Crippen LogP contribution < -0.4 is 9.64 Å². The lowest BCUT2D eigenvalue weighted by Gasteiger charge is -2.44. The maximum absolute atomic E-state index is 13.4. The molecule has 0 N–H and O–H groups in total. The van der Waals surface area contributed by atoms with E-state index in [1.807, 2.05) is 24.3 Å². The molecule has 184 valence electrons. The zero-order valence-corrected chi connectivity index (χ0v) is 19.9. The maximum Gasteiger partial charge on any atom is 0.387 e. The minimum Gasteiger partial charge on any atom is -0.433 e. The van der Waals surface area contributed by atoms with Crippen molar-refractivity contribution in [3.8, 4) is 5.75 Å². The number of piperidine rings is 1. The first-order valence-corrected chi connectivity index (χ1v) is 11.6. The van der Waals surface area contributed by atoms with Crippen molar-refractivity contribution >= 4 is 22.8 Å². The van der Waals surface area contributed by atoms with Crippen molar-refractivity contribution in [3.63, 3.8) is 0 Å². The number of carbonyl (C=O) groups excluding carboxylic acids is 1. The molecule has 2 fully saturated rings. The van der Waals surface area contributed by atoms with Gasteiger partial charge in [-0.05, 0) is 45.0 Å². The van der Waals surface area contributed by atoms with Gasteiger partial charge in [-0.3, -0.25) is 14.8 Å². The van der Waals surface area contributed by atoms with Crippen molar-refractivity contribution in [1.82, 2.24) is 19.9 Å². The summed E-state index contributed by atoms with van der Waals surface area (Å²) >= 11 is 0. The number of para-hydroxylation sites is 2. The Balaban J connectivity index is 1.40. The van der Waals surface area contributed by atoms with Crippen LogP contribution in [0.3, 0.4) is 0 Å². The number of hydrogen-bond donors (Lipinski definition) is 0. The van der Waals surface area contributed by atoms with Gasteiger partial charge in [0.15, 0.2) is 0 Å². The first-order valence-electron chi connectivity index (χ1n) is 11.6. The van der Waals surface area contributed by atoms with Crippen LogP contribution in [0.4, 0.5) is 14.6 Å². The standard InChI is InChI=1S/C25H27F2N5O3/c1-16-8-9-20(34-23(26)27)19(29-16)15-32-22(33)24(2,3)35-25(32)10-12-31(13-11-25)21-14-28-17-6-4-5-7-18(17)30-21/h4-9,14,23H,10-13,15H2,1-3H3. The highest BCUT2D eigenvalue weighted by atomic mass is 19.3. The van der Waals surface area contributed by atoms with Gasteiger partial charge in [0.25, 0.3) is 5.91 Å². The van der Waals surface area contributed by atoms with E-state index in [0.29, 0.717) is 31.6 Å². The number of fused-ring (bicyclic) bond motifs is 1. The average Bonchev–Trinajstić information content (AvgIpc) is 3.00. The number of hydrogen-bond acceptors (Lipinski definition) is 7. The van der Waals surface area contributed by atoms with E-state index in [0.717, 1.165) is 16.9 Å². The third kappa shape index (κ3) is 4.38.